The lowest BCUT2D eigenvalue weighted by molar-refractivity contribution is 0.947. The van der Waals surface area contributed by atoms with E-state index in [1.54, 1.807) is 12.4 Å². The zero-order valence-corrected chi connectivity index (χ0v) is 7.73. The number of pyridine rings is 1. The van der Waals surface area contributed by atoms with Crippen LogP contribution in [0.4, 0.5) is 0 Å². The molecule has 13 heavy (non-hydrogen) atoms. The van der Waals surface area contributed by atoms with Crippen molar-refractivity contribution in [3.8, 4) is 5.69 Å². The molecule has 2 aromatic heterocycles. The van der Waals surface area contributed by atoms with Crippen molar-refractivity contribution in [1.29, 1.82) is 0 Å². The highest BCUT2D eigenvalue weighted by atomic mass is 15.1. The monoisotopic (exact) mass is 173 g/mol. The molecule has 0 saturated carbocycles. The fourth-order valence-corrected chi connectivity index (χ4v) is 1.36. The Morgan fingerprint density at radius 3 is 2.62 bits per heavy atom. The fraction of sp³-hybridized carbons (Fsp3) is 0.200. The summed E-state index contributed by atoms with van der Waals surface area (Å²) in [5.74, 6) is 0.983. The van der Waals surface area contributed by atoms with Gasteiger partial charge in [-0.3, -0.25) is 4.98 Å². The summed E-state index contributed by atoms with van der Waals surface area (Å²) in [6.45, 7) is 3.97. The van der Waals surface area contributed by atoms with Crippen LogP contribution in [-0.2, 0) is 0 Å². The van der Waals surface area contributed by atoms with Gasteiger partial charge in [-0.25, -0.2) is 4.98 Å². The first-order valence-electron chi connectivity index (χ1n) is 4.21. The largest absolute Gasteiger partial charge is 0.302 e. The number of rotatable bonds is 1. The summed E-state index contributed by atoms with van der Waals surface area (Å²) in [7, 11) is 0. The van der Waals surface area contributed by atoms with Crippen LogP contribution in [0.5, 0.6) is 0 Å². The summed E-state index contributed by atoms with van der Waals surface area (Å²) in [6, 6.07) is 3.97. The minimum absolute atomic E-state index is 0.983. The van der Waals surface area contributed by atoms with Crippen molar-refractivity contribution in [2.45, 2.75) is 13.8 Å². The molecule has 0 unspecified atom stereocenters. The predicted molar refractivity (Wildman–Crippen MR) is 50.8 cm³/mol. The molecule has 0 N–H and O–H groups in total. The molecule has 0 atom stereocenters. The van der Waals surface area contributed by atoms with Crippen molar-refractivity contribution in [2.24, 2.45) is 0 Å². The summed E-state index contributed by atoms with van der Waals surface area (Å²) < 4.78 is 2.03. The number of nitrogens with zero attached hydrogens (tertiary/aromatic N) is 3. The molecule has 0 aliphatic carbocycles. The maximum atomic E-state index is 4.23. The van der Waals surface area contributed by atoms with Gasteiger partial charge in [0, 0.05) is 18.6 Å². The molecule has 0 amide bonds. The molecule has 0 aliphatic heterocycles. The molecule has 0 aliphatic rings. The lowest BCUT2D eigenvalue weighted by atomic mass is 10.3. The van der Waals surface area contributed by atoms with E-state index in [4.69, 9.17) is 0 Å². The van der Waals surface area contributed by atoms with Crippen LogP contribution >= 0.6 is 0 Å². The van der Waals surface area contributed by atoms with Gasteiger partial charge < -0.3 is 4.57 Å². The third-order valence-electron chi connectivity index (χ3n) is 2.06. The molecule has 0 aromatic carbocycles. The Hall–Kier alpha value is -1.64. The van der Waals surface area contributed by atoms with E-state index in [9.17, 15) is 0 Å². The Labute approximate surface area is 77.1 Å². The summed E-state index contributed by atoms with van der Waals surface area (Å²) in [5.41, 5.74) is 2.11. The van der Waals surface area contributed by atoms with E-state index >= 15 is 0 Å². The van der Waals surface area contributed by atoms with E-state index < -0.39 is 0 Å². The average Bonchev–Trinajstić information content (AvgIpc) is 2.52. The second-order valence-corrected chi connectivity index (χ2v) is 2.95. The SMILES string of the molecule is Cc1ncccc1-n1ccnc1C. The summed E-state index contributed by atoms with van der Waals surface area (Å²) in [4.78, 5) is 8.40. The maximum absolute atomic E-state index is 4.23. The number of hydrogen-bond acceptors (Lipinski definition) is 2. The Bertz CT molecular complexity index is 418. The molecule has 0 spiro atoms. The molecule has 2 rings (SSSR count). The van der Waals surface area contributed by atoms with E-state index in [1.165, 1.54) is 0 Å². The standard InChI is InChI=1S/C10H11N3/c1-8-10(4-3-5-11-8)13-7-6-12-9(13)2/h3-7H,1-2H3. The lowest BCUT2D eigenvalue weighted by Crippen LogP contribution is -1.99. The van der Waals surface area contributed by atoms with Gasteiger partial charge in [-0.1, -0.05) is 0 Å². The average molecular weight is 173 g/mol. The van der Waals surface area contributed by atoms with Crippen molar-refractivity contribution >= 4 is 0 Å². The van der Waals surface area contributed by atoms with Crippen LogP contribution < -0.4 is 0 Å². The van der Waals surface area contributed by atoms with Crippen molar-refractivity contribution < 1.29 is 0 Å². The summed E-state index contributed by atoms with van der Waals surface area (Å²) >= 11 is 0. The molecule has 0 saturated heterocycles. The first-order valence-corrected chi connectivity index (χ1v) is 4.21. The highest BCUT2D eigenvalue weighted by Gasteiger charge is 2.02. The molecule has 0 bridgehead atoms. The fourth-order valence-electron chi connectivity index (χ4n) is 1.36. The van der Waals surface area contributed by atoms with Crippen molar-refractivity contribution in [3.05, 3.63) is 42.2 Å². The molecule has 66 valence electrons. The van der Waals surface area contributed by atoms with Crippen LogP contribution in [0.25, 0.3) is 5.69 Å². The zero-order chi connectivity index (χ0) is 9.26. The smallest absolute Gasteiger partial charge is 0.110 e. The molecule has 0 fully saturated rings. The van der Waals surface area contributed by atoms with Gasteiger partial charge in [-0.15, -0.1) is 0 Å². The first kappa shape index (κ1) is 7.98. The van der Waals surface area contributed by atoms with E-state index in [0.29, 0.717) is 0 Å². The second kappa shape index (κ2) is 3.01. The molecule has 3 heteroatoms. The molecule has 0 radical (unpaired) electrons. The number of aryl methyl sites for hydroxylation is 2. The van der Waals surface area contributed by atoms with E-state index in [-0.39, 0.29) is 0 Å². The van der Waals surface area contributed by atoms with Crippen molar-refractivity contribution in [3.63, 3.8) is 0 Å². The van der Waals surface area contributed by atoms with E-state index in [2.05, 4.69) is 9.97 Å². The van der Waals surface area contributed by atoms with Gasteiger partial charge >= 0.3 is 0 Å². The minimum Gasteiger partial charge on any atom is -0.302 e. The highest BCUT2D eigenvalue weighted by Crippen LogP contribution is 2.12. The molecular weight excluding hydrogens is 162 g/mol. The summed E-state index contributed by atoms with van der Waals surface area (Å²) in [5, 5.41) is 0. The molecule has 3 nitrogen and oxygen atoms in total. The molecular formula is C10H11N3. The predicted octanol–water partition coefficient (Wildman–Crippen LogP) is 1.88. The Kier molecular flexibility index (Phi) is 1.85. The van der Waals surface area contributed by atoms with Crippen LogP contribution in [0.1, 0.15) is 11.5 Å². The number of aromatic nitrogens is 3. The van der Waals surface area contributed by atoms with Gasteiger partial charge in [-0.2, -0.15) is 0 Å². The normalized spacial score (nSPS) is 10.3. The Morgan fingerprint density at radius 2 is 2.00 bits per heavy atom. The van der Waals surface area contributed by atoms with Crippen molar-refractivity contribution in [2.75, 3.05) is 0 Å². The topological polar surface area (TPSA) is 30.7 Å². The number of hydrogen-bond donors (Lipinski definition) is 0. The molecule has 2 heterocycles. The van der Waals surface area contributed by atoms with Crippen LogP contribution in [0, 0.1) is 13.8 Å². The third-order valence-corrected chi connectivity index (χ3v) is 2.06. The van der Waals surface area contributed by atoms with Crippen LogP contribution in [0.3, 0.4) is 0 Å². The minimum atomic E-state index is 0.983. The van der Waals surface area contributed by atoms with Crippen molar-refractivity contribution in [1.82, 2.24) is 14.5 Å². The summed E-state index contributed by atoms with van der Waals surface area (Å²) in [6.07, 6.45) is 5.53. The molecule has 2 aromatic rings. The quantitative estimate of drug-likeness (QED) is 0.659. The van der Waals surface area contributed by atoms with Gasteiger partial charge in [0.25, 0.3) is 0 Å². The first-order chi connectivity index (χ1) is 6.29. The van der Waals surface area contributed by atoms with Gasteiger partial charge in [0.15, 0.2) is 0 Å². The van der Waals surface area contributed by atoms with Crippen LogP contribution in [0.15, 0.2) is 30.7 Å². The second-order valence-electron chi connectivity index (χ2n) is 2.95. The van der Waals surface area contributed by atoms with Gasteiger partial charge in [0.05, 0.1) is 11.4 Å². The van der Waals surface area contributed by atoms with E-state index in [1.807, 2.05) is 36.7 Å². The van der Waals surface area contributed by atoms with Crippen LogP contribution in [-0.4, -0.2) is 14.5 Å². The Balaban J connectivity index is 2.59. The number of imidazole rings is 1. The van der Waals surface area contributed by atoms with E-state index in [0.717, 1.165) is 17.2 Å². The van der Waals surface area contributed by atoms with Gasteiger partial charge in [0.1, 0.15) is 5.82 Å². The zero-order valence-electron chi connectivity index (χ0n) is 7.73. The third kappa shape index (κ3) is 1.33. The van der Waals surface area contributed by atoms with Gasteiger partial charge in [-0.05, 0) is 26.0 Å². The Morgan fingerprint density at radius 1 is 1.15 bits per heavy atom. The maximum Gasteiger partial charge on any atom is 0.110 e. The van der Waals surface area contributed by atoms with Crippen LogP contribution in [0.2, 0.25) is 0 Å². The lowest BCUT2D eigenvalue weighted by Gasteiger charge is -2.06. The van der Waals surface area contributed by atoms with Gasteiger partial charge in [0.2, 0.25) is 0 Å². The highest BCUT2D eigenvalue weighted by molar-refractivity contribution is 5.36.